The smallest absolute Gasteiger partial charge is 0.245 e. The van der Waals surface area contributed by atoms with Gasteiger partial charge in [-0.1, -0.05) is 30.3 Å². The molecule has 2 fully saturated rings. The molecule has 0 spiro atoms. The Morgan fingerprint density at radius 1 is 1.00 bits per heavy atom. The van der Waals surface area contributed by atoms with E-state index in [1.807, 2.05) is 28.0 Å². The van der Waals surface area contributed by atoms with Crippen LogP contribution >= 0.6 is 0 Å². The number of hydrogen-bond donors (Lipinski definition) is 0. The maximum absolute atomic E-state index is 12.6. The number of benzene rings is 1. The van der Waals surface area contributed by atoms with Crippen LogP contribution in [0.15, 0.2) is 30.3 Å². The van der Waals surface area contributed by atoms with Crippen molar-refractivity contribution in [1.82, 2.24) is 9.80 Å². The molecule has 4 heteroatoms. The molecule has 2 saturated heterocycles. The lowest BCUT2D eigenvalue weighted by atomic mass is 10.1. The lowest BCUT2D eigenvalue weighted by molar-refractivity contribution is -0.143. The van der Waals surface area contributed by atoms with E-state index in [0.717, 1.165) is 58.2 Å². The highest BCUT2D eigenvalue weighted by Crippen LogP contribution is 2.23. The van der Waals surface area contributed by atoms with Crippen LogP contribution in [0.1, 0.15) is 44.1 Å². The molecule has 0 bridgehead atoms. The molecule has 0 N–H and O–H groups in total. The predicted octanol–water partition coefficient (Wildman–Crippen LogP) is 2.62. The SMILES string of the molecule is O=C([C@H]1CCCN1C(=O)CCCc1ccccc1)N1CCCC1. The number of aryl methyl sites for hydroxylation is 1. The van der Waals surface area contributed by atoms with Crippen molar-refractivity contribution < 1.29 is 9.59 Å². The van der Waals surface area contributed by atoms with Gasteiger partial charge < -0.3 is 9.80 Å². The summed E-state index contributed by atoms with van der Waals surface area (Å²) < 4.78 is 0. The Morgan fingerprint density at radius 2 is 1.74 bits per heavy atom. The van der Waals surface area contributed by atoms with Crippen molar-refractivity contribution in [1.29, 1.82) is 0 Å². The first-order valence-electron chi connectivity index (χ1n) is 8.88. The van der Waals surface area contributed by atoms with E-state index >= 15 is 0 Å². The van der Waals surface area contributed by atoms with Gasteiger partial charge in [-0.25, -0.2) is 0 Å². The highest BCUT2D eigenvalue weighted by Gasteiger charge is 2.36. The molecule has 0 unspecified atom stereocenters. The molecule has 1 aromatic rings. The standard InChI is InChI=1S/C19H26N2O2/c22-18(12-6-10-16-8-2-1-3-9-16)21-15-7-11-17(21)19(23)20-13-4-5-14-20/h1-3,8-9,17H,4-7,10-15H2/t17-/m1/s1. The maximum Gasteiger partial charge on any atom is 0.245 e. The van der Waals surface area contributed by atoms with Crippen LogP contribution in [0.5, 0.6) is 0 Å². The number of rotatable bonds is 5. The maximum atomic E-state index is 12.6. The van der Waals surface area contributed by atoms with Crippen LogP contribution in [0.2, 0.25) is 0 Å². The number of nitrogens with zero attached hydrogens (tertiary/aromatic N) is 2. The first-order chi connectivity index (χ1) is 11.3. The Morgan fingerprint density at radius 3 is 2.48 bits per heavy atom. The minimum atomic E-state index is -0.197. The molecule has 2 amide bonds. The molecule has 4 nitrogen and oxygen atoms in total. The largest absolute Gasteiger partial charge is 0.341 e. The molecule has 23 heavy (non-hydrogen) atoms. The zero-order chi connectivity index (χ0) is 16.1. The summed E-state index contributed by atoms with van der Waals surface area (Å²) in [5.41, 5.74) is 1.27. The molecule has 3 rings (SSSR count). The lowest BCUT2D eigenvalue weighted by Crippen LogP contribution is -2.46. The Hall–Kier alpha value is -1.84. The molecule has 1 atom stereocenters. The molecular formula is C19H26N2O2. The fourth-order valence-corrected chi connectivity index (χ4v) is 3.70. The van der Waals surface area contributed by atoms with Crippen molar-refractivity contribution in [3.05, 3.63) is 35.9 Å². The number of likely N-dealkylation sites (tertiary alicyclic amines) is 2. The van der Waals surface area contributed by atoms with Crippen molar-refractivity contribution in [3.8, 4) is 0 Å². The van der Waals surface area contributed by atoms with Crippen LogP contribution in [-0.2, 0) is 16.0 Å². The van der Waals surface area contributed by atoms with E-state index in [9.17, 15) is 9.59 Å². The van der Waals surface area contributed by atoms with Gasteiger partial charge in [-0.05, 0) is 44.1 Å². The molecule has 2 heterocycles. The normalized spacial score (nSPS) is 21.0. The third-order valence-electron chi connectivity index (χ3n) is 4.97. The van der Waals surface area contributed by atoms with Crippen molar-refractivity contribution in [3.63, 3.8) is 0 Å². The van der Waals surface area contributed by atoms with Crippen LogP contribution in [0, 0.1) is 0 Å². The van der Waals surface area contributed by atoms with Crippen LogP contribution in [0.3, 0.4) is 0 Å². The fraction of sp³-hybridized carbons (Fsp3) is 0.579. The Kier molecular flexibility index (Phi) is 5.31. The van der Waals surface area contributed by atoms with Gasteiger partial charge in [-0.2, -0.15) is 0 Å². The van der Waals surface area contributed by atoms with Crippen molar-refractivity contribution >= 4 is 11.8 Å². The highest BCUT2D eigenvalue weighted by molar-refractivity contribution is 5.88. The van der Waals surface area contributed by atoms with Crippen LogP contribution in [0.25, 0.3) is 0 Å². The average molecular weight is 314 g/mol. The lowest BCUT2D eigenvalue weighted by Gasteiger charge is -2.27. The monoisotopic (exact) mass is 314 g/mol. The summed E-state index contributed by atoms with van der Waals surface area (Å²) >= 11 is 0. The fourth-order valence-electron chi connectivity index (χ4n) is 3.70. The second kappa shape index (κ2) is 7.62. The summed E-state index contributed by atoms with van der Waals surface area (Å²) in [7, 11) is 0. The van der Waals surface area contributed by atoms with Crippen LogP contribution in [0.4, 0.5) is 0 Å². The van der Waals surface area contributed by atoms with Gasteiger partial charge in [0, 0.05) is 26.1 Å². The number of carbonyl (C=O) groups is 2. The molecule has 0 radical (unpaired) electrons. The molecule has 1 aromatic carbocycles. The van der Waals surface area contributed by atoms with Gasteiger partial charge in [-0.3, -0.25) is 9.59 Å². The first kappa shape index (κ1) is 16.0. The minimum absolute atomic E-state index is 0.149. The minimum Gasteiger partial charge on any atom is -0.341 e. The molecular weight excluding hydrogens is 288 g/mol. The van der Waals surface area contributed by atoms with E-state index in [4.69, 9.17) is 0 Å². The van der Waals surface area contributed by atoms with Gasteiger partial charge in [0.1, 0.15) is 6.04 Å². The topological polar surface area (TPSA) is 40.6 Å². The van der Waals surface area contributed by atoms with Gasteiger partial charge >= 0.3 is 0 Å². The van der Waals surface area contributed by atoms with Crippen molar-refractivity contribution in [2.75, 3.05) is 19.6 Å². The second-order valence-corrected chi connectivity index (χ2v) is 6.62. The molecule has 124 valence electrons. The first-order valence-corrected chi connectivity index (χ1v) is 8.88. The zero-order valence-electron chi connectivity index (χ0n) is 13.7. The summed E-state index contributed by atoms with van der Waals surface area (Å²) in [6.07, 6.45) is 6.30. The summed E-state index contributed by atoms with van der Waals surface area (Å²) in [5.74, 6) is 0.326. The second-order valence-electron chi connectivity index (χ2n) is 6.62. The van der Waals surface area contributed by atoms with Gasteiger partial charge in [0.2, 0.25) is 11.8 Å². The summed E-state index contributed by atoms with van der Waals surface area (Å²) in [6.45, 7) is 2.48. The van der Waals surface area contributed by atoms with Crippen molar-refractivity contribution in [2.24, 2.45) is 0 Å². The van der Waals surface area contributed by atoms with Gasteiger partial charge in [0.05, 0.1) is 0 Å². The van der Waals surface area contributed by atoms with E-state index in [2.05, 4.69) is 12.1 Å². The Labute approximate surface area is 138 Å². The van der Waals surface area contributed by atoms with Crippen molar-refractivity contribution in [2.45, 2.75) is 51.0 Å². The Balaban J connectivity index is 1.50. The summed E-state index contributed by atoms with van der Waals surface area (Å²) in [4.78, 5) is 28.9. The number of carbonyl (C=O) groups excluding carboxylic acids is 2. The molecule has 0 aliphatic carbocycles. The molecule has 0 aromatic heterocycles. The van der Waals surface area contributed by atoms with E-state index in [1.54, 1.807) is 0 Å². The zero-order valence-corrected chi connectivity index (χ0v) is 13.7. The van der Waals surface area contributed by atoms with Gasteiger partial charge in [-0.15, -0.1) is 0 Å². The van der Waals surface area contributed by atoms with Gasteiger partial charge in [0.25, 0.3) is 0 Å². The summed E-state index contributed by atoms with van der Waals surface area (Å²) in [6, 6.07) is 10.1. The highest BCUT2D eigenvalue weighted by atomic mass is 16.2. The van der Waals surface area contributed by atoms with Crippen LogP contribution in [-0.4, -0.2) is 47.3 Å². The predicted molar refractivity (Wildman–Crippen MR) is 89.9 cm³/mol. The molecule has 2 aliphatic heterocycles. The average Bonchev–Trinajstić information content (AvgIpc) is 3.27. The Bertz CT molecular complexity index is 538. The van der Waals surface area contributed by atoms with E-state index in [0.29, 0.717) is 6.42 Å². The third-order valence-corrected chi connectivity index (χ3v) is 4.97. The summed E-state index contributed by atoms with van der Waals surface area (Å²) in [5, 5.41) is 0. The quantitative estimate of drug-likeness (QED) is 0.838. The molecule has 2 aliphatic rings. The van der Waals surface area contributed by atoms with E-state index in [1.165, 1.54) is 5.56 Å². The molecule has 0 saturated carbocycles. The number of hydrogen-bond acceptors (Lipinski definition) is 2. The van der Waals surface area contributed by atoms with Gasteiger partial charge in [0.15, 0.2) is 0 Å². The van der Waals surface area contributed by atoms with E-state index < -0.39 is 0 Å². The number of amides is 2. The third kappa shape index (κ3) is 3.92. The van der Waals surface area contributed by atoms with Crippen LogP contribution < -0.4 is 0 Å². The van der Waals surface area contributed by atoms with E-state index in [-0.39, 0.29) is 17.9 Å².